The van der Waals surface area contributed by atoms with Crippen molar-refractivity contribution in [1.29, 1.82) is 0 Å². The minimum Gasteiger partial charge on any atom is -0.392 e. The summed E-state index contributed by atoms with van der Waals surface area (Å²) < 4.78 is 0. The Morgan fingerprint density at radius 1 is 1.29 bits per heavy atom. The number of hydrogen-bond donors (Lipinski definition) is 5. The van der Waals surface area contributed by atoms with Gasteiger partial charge in [-0.1, -0.05) is 13.0 Å². The van der Waals surface area contributed by atoms with Crippen LogP contribution in [-0.2, 0) is 0 Å². The van der Waals surface area contributed by atoms with E-state index in [-0.39, 0.29) is 6.61 Å². The molecule has 5 N–H and O–H groups in total. The van der Waals surface area contributed by atoms with Crippen LogP contribution in [-0.4, -0.2) is 57.9 Å². The SMILES string of the molecule is CCN[C@H]1C=C(CO)[C@@H](O)C(O)[C@H]1O. The molecule has 82 valence electrons. The van der Waals surface area contributed by atoms with Gasteiger partial charge in [0.15, 0.2) is 0 Å². The molecule has 0 bridgehead atoms. The predicted octanol–water partition coefficient (Wildman–Crippen LogP) is -2.02. The van der Waals surface area contributed by atoms with E-state index in [9.17, 15) is 15.3 Å². The quantitative estimate of drug-likeness (QED) is 0.341. The molecule has 0 aromatic rings. The van der Waals surface area contributed by atoms with Crippen LogP contribution in [0.25, 0.3) is 0 Å². The van der Waals surface area contributed by atoms with Gasteiger partial charge in [-0.05, 0) is 12.1 Å². The van der Waals surface area contributed by atoms with Gasteiger partial charge in [0.25, 0.3) is 0 Å². The molecule has 1 aliphatic rings. The van der Waals surface area contributed by atoms with E-state index in [0.717, 1.165) is 0 Å². The molecule has 0 amide bonds. The molecule has 0 heterocycles. The van der Waals surface area contributed by atoms with E-state index in [2.05, 4.69) is 5.32 Å². The van der Waals surface area contributed by atoms with Crippen LogP contribution in [0.1, 0.15) is 6.92 Å². The minimum absolute atomic E-state index is 0.313. The topological polar surface area (TPSA) is 93.0 Å². The van der Waals surface area contributed by atoms with Crippen molar-refractivity contribution >= 4 is 0 Å². The van der Waals surface area contributed by atoms with E-state index in [1.807, 2.05) is 6.92 Å². The van der Waals surface area contributed by atoms with Gasteiger partial charge in [-0.3, -0.25) is 0 Å². The van der Waals surface area contributed by atoms with Crippen molar-refractivity contribution in [3.63, 3.8) is 0 Å². The highest BCUT2D eigenvalue weighted by molar-refractivity contribution is 5.21. The second-order valence-corrected chi connectivity index (χ2v) is 3.41. The molecule has 0 saturated heterocycles. The van der Waals surface area contributed by atoms with Crippen molar-refractivity contribution in [2.75, 3.05) is 13.2 Å². The summed E-state index contributed by atoms with van der Waals surface area (Å²) >= 11 is 0. The Kier molecular flexibility index (Phi) is 4.03. The normalized spacial score (nSPS) is 38.2. The number of hydrogen-bond acceptors (Lipinski definition) is 5. The Bertz CT molecular complexity index is 219. The molecular weight excluding hydrogens is 186 g/mol. The Hall–Kier alpha value is -0.460. The van der Waals surface area contributed by atoms with Crippen molar-refractivity contribution in [2.45, 2.75) is 31.3 Å². The highest BCUT2D eigenvalue weighted by Crippen LogP contribution is 2.19. The molecule has 0 aliphatic heterocycles. The van der Waals surface area contributed by atoms with Gasteiger partial charge in [0.05, 0.1) is 12.6 Å². The van der Waals surface area contributed by atoms with Crippen LogP contribution in [0, 0.1) is 0 Å². The first-order chi connectivity index (χ1) is 6.61. The molecule has 5 nitrogen and oxygen atoms in total. The molecule has 4 atom stereocenters. The lowest BCUT2D eigenvalue weighted by Gasteiger charge is -2.34. The molecule has 14 heavy (non-hydrogen) atoms. The fourth-order valence-corrected chi connectivity index (χ4v) is 1.61. The van der Waals surface area contributed by atoms with Crippen molar-refractivity contribution in [3.8, 4) is 0 Å². The van der Waals surface area contributed by atoms with E-state index in [1.54, 1.807) is 6.08 Å². The molecule has 1 aliphatic carbocycles. The van der Waals surface area contributed by atoms with Crippen molar-refractivity contribution < 1.29 is 20.4 Å². The smallest absolute Gasteiger partial charge is 0.111 e. The summed E-state index contributed by atoms with van der Waals surface area (Å²) in [5, 5.41) is 40.3. The third kappa shape index (κ3) is 2.13. The molecule has 0 fully saturated rings. The molecule has 1 unspecified atom stereocenters. The van der Waals surface area contributed by atoms with E-state index < -0.39 is 24.4 Å². The average molecular weight is 203 g/mol. The van der Waals surface area contributed by atoms with Crippen molar-refractivity contribution in [3.05, 3.63) is 11.6 Å². The van der Waals surface area contributed by atoms with Crippen LogP contribution in [0.2, 0.25) is 0 Å². The molecule has 0 spiro atoms. The zero-order valence-electron chi connectivity index (χ0n) is 8.09. The first-order valence-electron chi connectivity index (χ1n) is 4.70. The molecule has 0 aromatic heterocycles. The summed E-state index contributed by atoms with van der Waals surface area (Å²) in [6.45, 7) is 2.20. The Labute approximate surface area is 82.7 Å². The summed E-state index contributed by atoms with van der Waals surface area (Å²) in [4.78, 5) is 0. The van der Waals surface area contributed by atoms with Crippen molar-refractivity contribution in [1.82, 2.24) is 5.32 Å². The zero-order chi connectivity index (χ0) is 10.7. The summed E-state index contributed by atoms with van der Waals surface area (Å²) in [5.74, 6) is 0. The second kappa shape index (κ2) is 4.86. The number of aliphatic hydroxyl groups excluding tert-OH is 4. The monoisotopic (exact) mass is 203 g/mol. The first-order valence-corrected chi connectivity index (χ1v) is 4.70. The number of rotatable bonds is 3. The van der Waals surface area contributed by atoms with E-state index >= 15 is 0 Å². The number of aliphatic hydroxyl groups is 4. The Balaban J connectivity index is 2.81. The minimum atomic E-state index is -1.24. The molecule has 0 aromatic carbocycles. The van der Waals surface area contributed by atoms with Gasteiger partial charge in [-0.25, -0.2) is 0 Å². The van der Waals surface area contributed by atoms with Gasteiger partial charge in [-0.15, -0.1) is 0 Å². The van der Waals surface area contributed by atoms with Gasteiger partial charge in [-0.2, -0.15) is 0 Å². The van der Waals surface area contributed by atoms with Crippen molar-refractivity contribution in [2.24, 2.45) is 0 Å². The predicted molar refractivity (Wildman–Crippen MR) is 50.7 cm³/mol. The summed E-state index contributed by atoms with van der Waals surface area (Å²) in [7, 11) is 0. The van der Waals surface area contributed by atoms with Gasteiger partial charge < -0.3 is 25.7 Å². The van der Waals surface area contributed by atoms with Crippen LogP contribution in [0.15, 0.2) is 11.6 Å². The fraction of sp³-hybridized carbons (Fsp3) is 0.778. The second-order valence-electron chi connectivity index (χ2n) is 3.41. The molecule has 0 saturated carbocycles. The molecular formula is C9H17NO4. The standard InChI is InChI=1S/C9H17NO4/c1-2-10-6-3-5(4-11)7(12)9(14)8(6)13/h3,6-14H,2,4H2,1H3/t6-,7+,8-,9?/m0/s1. The van der Waals surface area contributed by atoms with E-state index in [1.165, 1.54) is 0 Å². The van der Waals surface area contributed by atoms with Crippen LogP contribution < -0.4 is 5.32 Å². The van der Waals surface area contributed by atoms with Crippen LogP contribution >= 0.6 is 0 Å². The lowest BCUT2D eigenvalue weighted by Crippen LogP contribution is -2.53. The summed E-state index contributed by atoms with van der Waals surface area (Å²) in [5.41, 5.74) is 0.341. The van der Waals surface area contributed by atoms with Gasteiger partial charge in [0, 0.05) is 0 Å². The number of likely N-dealkylation sites (N-methyl/N-ethyl adjacent to an activating group) is 1. The van der Waals surface area contributed by atoms with Crippen LogP contribution in [0.3, 0.4) is 0 Å². The van der Waals surface area contributed by atoms with Gasteiger partial charge >= 0.3 is 0 Å². The summed E-state index contributed by atoms with van der Waals surface area (Å²) in [6, 6.07) is -0.416. The maximum Gasteiger partial charge on any atom is 0.111 e. The first kappa shape index (κ1) is 11.6. The zero-order valence-corrected chi connectivity index (χ0v) is 8.09. The Morgan fingerprint density at radius 2 is 1.93 bits per heavy atom. The highest BCUT2D eigenvalue weighted by atomic mass is 16.4. The lowest BCUT2D eigenvalue weighted by molar-refractivity contribution is -0.0639. The highest BCUT2D eigenvalue weighted by Gasteiger charge is 2.36. The molecule has 0 radical (unpaired) electrons. The van der Waals surface area contributed by atoms with E-state index in [4.69, 9.17) is 5.11 Å². The Morgan fingerprint density at radius 3 is 2.43 bits per heavy atom. The average Bonchev–Trinajstić information content (AvgIpc) is 2.19. The van der Waals surface area contributed by atoms with Gasteiger partial charge in [0.1, 0.15) is 18.3 Å². The third-order valence-electron chi connectivity index (χ3n) is 2.44. The third-order valence-corrected chi connectivity index (χ3v) is 2.44. The maximum absolute atomic E-state index is 9.55. The molecule has 5 heteroatoms. The van der Waals surface area contributed by atoms with Crippen LogP contribution in [0.5, 0.6) is 0 Å². The lowest BCUT2D eigenvalue weighted by atomic mass is 9.88. The van der Waals surface area contributed by atoms with Crippen LogP contribution in [0.4, 0.5) is 0 Å². The summed E-state index contributed by atoms with van der Waals surface area (Å²) in [6.07, 6.45) is -1.90. The fourth-order valence-electron chi connectivity index (χ4n) is 1.61. The van der Waals surface area contributed by atoms with E-state index in [0.29, 0.717) is 12.1 Å². The number of nitrogens with one attached hydrogen (secondary N) is 1. The largest absolute Gasteiger partial charge is 0.392 e. The maximum atomic E-state index is 9.55. The van der Waals surface area contributed by atoms with Gasteiger partial charge in [0.2, 0.25) is 0 Å². The molecule has 1 rings (SSSR count).